The number of carbonyl (C=O) groups excluding carboxylic acids is 1. The number of carbonyl (C=O) groups is 1. The van der Waals surface area contributed by atoms with Crippen LogP contribution in [0.15, 0.2) is 47.4 Å². The Hall–Kier alpha value is -2.73. The third-order valence-corrected chi connectivity index (χ3v) is 8.97. The Balaban J connectivity index is 1.66. The summed E-state index contributed by atoms with van der Waals surface area (Å²) in [5.41, 5.74) is 0.766. The first kappa shape index (κ1) is 25.4. The largest absolute Gasteiger partial charge is 0.497 e. The molecule has 188 valence electrons. The highest BCUT2D eigenvalue weighted by atomic mass is 32.2. The maximum absolute atomic E-state index is 13.9. The van der Waals surface area contributed by atoms with Gasteiger partial charge in [0.15, 0.2) is 5.13 Å². The molecule has 0 aliphatic carbocycles. The number of methoxy groups -OCH3 is 2. The molecule has 9 nitrogen and oxygen atoms in total. The van der Waals surface area contributed by atoms with E-state index in [4.69, 9.17) is 14.5 Å². The summed E-state index contributed by atoms with van der Waals surface area (Å²) in [6.07, 6.45) is 1.08. The van der Waals surface area contributed by atoms with Gasteiger partial charge in [-0.3, -0.25) is 9.69 Å². The summed E-state index contributed by atoms with van der Waals surface area (Å²) in [7, 11) is 3.14. The first-order valence-corrected chi connectivity index (χ1v) is 13.6. The van der Waals surface area contributed by atoms with Gasteiger partial charge in [-0.2, -0.15) is 4.31 Å². The highest BCUT2D eigenvalue weighted by Gasteiger charge is 2.42. The lowest BCUT2D eigenvalue weighted by Crippen LogP contribution is -2.49. The van der Waals surface area contributed by atoms with Crippen LogP contribution in [0.25, 0.3) is 10.2 Å². The van der Waals surface area contributed by atoms with Crippen molar-refractivity contribution in [2.75, 3.05) is 52.8 Å². The molecular weight excluding hydrogens is 488 g/mol. The molecule has 1 amide bonds. The number of anilines is 1. The van der Waals surface area contributed by atoms with Gasteiger partial charge in [0.2, 0.25) is 15.9 Å². The summed E-state index contributed by atoms with van der Waals surface area (Å²) in [6, 6.07) is 11.0. The van der Waals surface area contributed by atoms with E-state index in [9.17, 15) is 13.2 Å². The van der Waals surface area contributed by atoms with Crippen LogP contribution in [0.1, 0.15) is 12.8 Å². The minimum Gasteiger partial charge on any atom is -0.497 e. The highest BCUT2D eigenvalue weighted by Crippen LogP contribution is 2.34. The number of amides is 1. The number of likely N-dealkylation sites (N-methyl/N-ethyl adjacent to an activating group) is 1. The van der Waals surface area contributed by atoms with E-state index in [-0.39, 0.29) is 10.8 Å². The summed E-state index contributed by atoms with van der Waals surface area (Å²) in [6.45, 7) is 1.31. The lowest BCUT2D eigenvalue weighted by Gasteiger charge is -2.29. The van der Waals surface area contributed by atoms with Crippen molar-refractivity contribution in [3.63, 3.8) is 0 Å². The van der Waals surface area contributed by atoms with E-state index in [1.165, 1.54) is 34.9 Å². The van der Waals surface area contributed by atoms with Crippen LogP contribution in [-0.4, -0.2) is 82.5 Å². The van der Waals surface area contributed by atoms with E-state index in [1.54, 1.807) is 24.1 Å². The van der Waals surface area contributed by atoms with Crippen LogP contribution in [0, 0.1) is 0 Å². The summed E-state index contributed by atoms with van der Waals surface area (Å²) in [4.78, 5) is 22.3. The molecule has 11 heteroatoms. The molecule has 0 saturated carbocycles. The van der Waals surface area contributed by atoms with Crippen LogP contribution in [0.3, 0.4) is 0 Å². The first-order chi connectivity index (χ1) is 16.7. The van der Waals surface area contributed by atoms with Crippen molar-refractivity contribution in [2.24, 2.45) is 0 Å². The van der Waals surface area contributed by atoms with Gasteiger partial charge in [-0.15, -0.1) is 0 Å². The molecule has 1 aliphatic rings. The Labute approximate surface area is 209 Å². The van der Waals surface area contributed by atoms with E-state index in [0.29, 0.717) is 49.1 Å². The van der Waals surface area contributed by atoms with Crippen LogP contribution in [0.4, 0.5) is 5.13 Å². The van der Waals surface area contributed by atoms with Crippen LogP contribution in [0.2, 0.25) is 0 Å². The fraction of sp³-hybridized carbons (Fsp3) is 0.417. The van der Waals surface area contributed by atoms with Gasteiger partial charge in [0.25, 0.3) is 0 Å². The molecule has 0 bridgehead atoms. The normalized spacial score (nSPS) is 16.7. The molecule has 2 aromatic carbocycles. The van der Waals surface area contributed by atoms with Gasteiger partial charge in [-0.25, -0.2) is 13.4 Å². The SMILES string of the molecule is COc1ccc(S(=O)(=O)N2CCCC2C(=O)N(CCN(C)C)c2nc3ccc(OC)cc3s2)cc1. The second kappa shape index (κ2) is 10.5. The van der Waals surface area contributed by atoms with E-state index in [0.717, 1.165) is 10.2 Å². The van der Waals surface area contributed by atoms with Gasteiger partial charge in [0.1, 0.15) is 17.5 Å². The molecule has 0 N–H and O–H groups in total. The second-order valence-corrected chi connectivity index (χ2v) is 11.5. The van der Waals surface area contributed by atoms with Crippen molar-refractivity contribution in [1.29, 1.82) is 0 Å². The third kappa shape index (κ3) is 5.27. The average molecular weight is 519 g/mol. The molecule has 0 radical (unpaired) electrons. The molecule has 1 aromatic heterocycles. The topological polar surface area (TPSA) is 92.3 Å². The van der Waals surface area contributed by atoms with Gasteiger partial charge in [0, 0.05) is 19.6 Å². The number of aromatic nitrogens is 1. The van der Waals surface area contributed by atoms with Crippen LogP contribution in [0.5, 0.6) is 11.5 Å². The van der Waals surface area contributed by atoms with Crippen molar-refractivity contribution in [3.8, 4) is 11.5 Å². The van der Waals surface area contributed by atoms with E-state index < -0.39 is 16.1 Å². The molecule has 2 heterocycles. The van der Waals surface area contributed by atoms with Crippen LogP contribution in [-0.2, 0) is 14.8 Å². The predicted molar refractivity (Wildman–Crippen MR) is 137 cm³/mol. The van der Waals surface area contributed by atoms with E-state index >= 15 is 0 Å². The smallest absolute Gasteiger partial charge is 0.247 e. The van der Waals surface area contributed by atoms with Gasteiger partial charge in [-0.1, -0.05) is 11.3 Å². The Morgan fingerprint density at radius 1 is 1.09 bits per heavy atom. The number of hydrogen-bond acceptors (Lipinski definition) is 8. The number of rotatable bonds is 9. The number of fused-ring (bicyclic) bond motifs is 1. The molecule has 1 unspecified atom stereocenters. The molecule has 35 heavy (non-hydrogen) atoms. The number of nitrogens with zero attached hydrogens (tertiary/aromatic N) is 4. The minimum atomic E-state index is -3.85. The molecule has 0 spiro atoms. The fourth-order valence-corrected chi connectivity index (χ4v) is 6.75. The lowest BCUT2D eigenvalue weighted by molar-refractivity contribution is -0.121. The zero-order chi connectivity index (χ0) is 25.2. The Kier molecular flexibility index (Phi) is 7.60. The second-order valence-electron chi connectivity index (χ2n) is 8.57. The molecule has 1 atom stereocenters. The standard InChI is InChI=1S/C24H30N4O5S2/c1-26(2)14-15-27(24-25-20-12-9-18(33-4)16-22(20)34-24)23(29)21-6-5-13-28(21)35(30,31)19-10-7-17(32-3)8-11-19/h7-12,16,21H,5-6,13-15H2,1-4H3. The number of hydrogen-bond donors (Lipinski definition) is 0. The maximum atomic E-state index is 13.9. The molecule has 1 fully saturated rings. The zero-order valence-electron chi connectivity index (χ0n) is 20.3. The summed E-state index contributed by atoms with van der Waals surface area (Å²) < 4.78 is 39.6. The summed E-state index contributed by atoms with van der Waals surface area (Å²) in [5.74, 6) is 1.03. The molecule has 1 aliphatic heterocycles. The van der Waals surface area contributed by atoms with Gasteiger partial charge in [-0.05, 0) is 69.4 Å². The van der Waals surface area contributed by atoms with Crippen LogP contribution >= 0.6 is 11.3 Å². The number of sulfonamides is 1. The first-order valence-electron chi connectivity index (χ1n) is 11.3. The monoisotopic (exact) mass is 518 g/mol. The molecule has 3 aromatic rings. The highest BCUT2D eigenvalue weighted by molar-refractivity contribution is 7.89. The van der Waals surface area contributed by atoms with Crippen molar-refractivity contribution in [3.05, 3.63) is 42.5 Å². The number of benzene rings is 2. The summed E-state index contributed by atoms with van der Waals surface area (Å²) >= 11 is 1.40. The predicted octanol–water partition coefficient (Wildman–Crippen LogP) is 3.06. The van der Waals surface area contributed by atoms with Gasteiger partial charge >= 0.3 is 0 Å². The summed E-state index contributed by atoms with van der Waals surface area (Å²) in [5, 5.41) is 0.550. The Morgan fingerprint density at radius 2 is 1.77 bits per heavy atom. The number of ether oxygens (including phenoxy) is 2. The fourth-order valence-electron chi connectivity index (χ4n) is 4.07. The maximum Gasteiger partial charge on any atom is 0.247 e. The van der Waals surface area contributed by atoms with Crippen molar-refractivity contribution >= 4 is 42.6 Å². The molecular formula is C24H30N4O5S2. The average Bonchev–Trinajstić information content (AvgIpc) is 3.51. The minimum absolute atomic E-state index is 0.143. The molecule has 4 rings (SSSR count). The Bertz CT molecular complexity index is 1290. The zero-order valence-corrected chi connectivity index (χ0v) is 21.9. The van der Waals surface area contributed by atoms with Crippen molar-refractivity contribution in [2.45, 2.75) is 23.8 Å². The molecule has 1 saturated heterocycles. The van der Waals surface area contributed by atoms with Gasteiger partial charge < -0.3 is 14.4 Å². The van der Waals surface area contributed by atoms with Gasteiger partial charge in [0.05, 0.1) is 29.3 Å². The van der Waals surface area contributed by atoms with Crippen molar-refractivity contribution < 1.29 is 22.7 Å². The van der Waals surface area contributed by atoms with E-state index in [1.807, 2.05) is 37.2 Å². The lowest BCUT2D eigenvalue weighted by atomic mass is 10.2. The van der Waals surface area contributed by atoms with E-state index in [2.05, 4.69) is 0 Å². The van der Waals surface area contributed by atoms with Crippen molar-refractivity contribution in [1.82, 2.24) is 14.2 Å². The quantitative estimate of drug-likeness (QED) is 0.430. The third-order valence-electron chi connectivity index (χ3n) is 6.01. The Morgan fingerprint density at radius 3 is 2.43 bits per heavy atom. The number of thiazole rings is 1. The van der Waals surface area contributed by atoms with Crippen LogP contribution < -0.4 is 14.4 Å².